The number of anilines is 4. The smallest absolute Gasteiger partial charge is 0.255 e. The van der Waals surface area contributed by atoms with Crippen molar-refractivity contribution in [3.63, 3.8) is 0 Å². The van der Waals surface area contributed by atoms with Gasteiger partial charge >= 0.3 is 0 Å². The number of methoxy groups -OCH3 is 3. The Balaban J connectivity index is 1.53. The van der Waals surface area contributed by atoms with Crippen LogP contribution in [0.1, 0.15) is 118 Å². The van der Waals surface area contributed by atoms with E-state index in [9.17, 15) is 38.4 Å². The van der Waals surface area contributed by atoms with Gasteiger partial charge in [-0.25, -0.2) is 0 Å². The van der Waals surface area contributed by atoms with Crippen molar-refractivity contribution in [1.82, 2.24) is 16.0 Å². The Bertz CT molecular complexity index is 2760. The first kappa shape index (κ1) is 64.4. The van der Waals surface area contributed by atoms with Gasteiger partial charge in [-0.3, -0.25) is 38.4 Å². The first-order chi connectivity index (χ1) is 38.4. The van der Waals surface area contributed by atoms with Crippen LogP contribution in [0.5, 0.6) is 17.2 Å². The molecule has 0 saturated carbocycles. The van der Waals surface area contributed by atoms with Crippen LogP contribution in [0.3, 0.4) is 0 Å². The molecule has 0 aliphatic carbocycles. The zero-order valence-electron chi connectivity index (χ0n) is 46.0. The molecular formula is C56H79N13O11. The number of nitrogens with two attached hydrogens (primary N) is 6. The Hall–Kier alpha value is -8.16. The van der Waals surface area contributed by atoms with Crippen molar-refractivity contribution in [3.05, 3.63) is 101 Å². The van der Waals surface area contributed by atoms with Crippen LogP contribution in [0, 0.1) is 0 Å². The molecule has 0 heterocycles. The van der Waals surface area contributed by atoms with E-state index in [0.717, 1.165) is 6.42 Å². The quantitative estimate of drug-likeness (QED) is 0.0299. The second-order valence-electron chi connectivity index (χ2n) is 18.8. The molecule has 4 aromatic carbocycles. The molecule has 0 unspecified atom stereocenters. The lowest BCUT2D eigenvalue weighted by Crippen LogP contribution is -2.44. The SMILES string of the molecule is COc1ccc(NC(=O)[C@H](CCCCN)NC(=O)c2cc(NC(=O)[C@H](CCCCN)NC(=O)c3cc(NC(=O)[C@H](CCCCN)NC(=O)c4cccc(N(C)C(=O)[C@@H](N)CCCCN)c4)ccc3OC)ccc2OC)cc1C(N)=O. The van der Waals surface area contributed by atoms with Crippen LogP contribution in [0.25, 0.3) is 0 Å². The molecule has 18 N–H and O–H groups in total. The maximum absolute atomic E-state index is 14.2. The van der Waals surface area contributed by atoms with Crippen LogP contribution in [0.15, 0.2) is 78.9 Å². The molecule has 24 nitrogen and oxygen atoms in total. The molecule has 4 rings (SSSR count). The monoisotopic (exact) mass is 1110 g/mol. The highest BCUT2D eigenvalue weighted by Gasteiger charge is 2.28. The Morgan fingerprint density at radius 1 is 0.475 bits per heavy atom. The molecule has 0 aromatic heterocycles. The van der Waals surface area contributed by atoms with Crippen molar-refractivity contribution in [3.8, 4) is 17.2 Å². The summed E-state index contributed by atoms with van der Waals surface area (Å²) in [6.45, 7) is 1.51. The summed E-state index contributed by atoms with van der Waals surface area (Å²) in [4.78, 5) is 110. The number of likely N-dealkylation sites (N-methyl/N-ethyl adjacent to an activating group) is 1. The number of amides is 8. The number of carbonyl (C=O) groups is 8. The minimum absolute atomic E-state index is 0.0305. The number of hydrogen-bond donors (Lipinski definition) is 12. The third-order valence-corrected chi connectivity index (χ3v) is 13.0. The molecule has 8 amide bonds. The Labute approximate surface area is 466 Å². The van der Waals surface area contributed by atoms with Gasteiger partial charge in [0, 0.05) is 35.4 Å². The van der Waals surface area contributed by atoms with Crippen molar-refractivity contribution in [2.24, 2.45) is 34.4 Å². The van der Waals surface area contributed by atoms with E-state index in [1.54, 1.807) is 25.2 Å². The standard InChI is InChI=1S/C56H79N13O11/c1-69(56(77)42(61)16-5-9-26-57)38-15-13-14-34(30-38)50(71)66-43(17-6-10-27-58)53(74)64-36-21-24-47(79-3)40(32-36)52(73)68-45(19-8-12-29-60)55(76)65-37-22-25-48(80-4)41(33-37)51(72)67-44(18-7-11-28-59)54(75)63-35-20-23-46(78-2)39(31-35)49(62)70/h13-15,20-25,30-33,42-45H,5-12,16-19,26-29,57-61H2,1-4H3,(H2,62,70)(H,63,75)(H,64,74)(H,65,76)(H,66,71)(H,67,72)(H,68,73)/t42-,43-,44-,45-/m0/s1. The van der Waals surface area contributed by atoms with E-state index in [1.807, 2.05) is 0 Å². The highest BCUT2D eigenvalue weighted by atomic mass is 16.5. The van der Waals surface area contributed by atoms with Gasteiger partial charge in [-0.1, -0.05) is 12.5 Å². The zero-order chi connectivity index (χ0) is 58.7. The fourth-order valence-electron chi connectivity index (χ4n) is 8.45. The Kier molecular flexibility index (Phi) is 26.8. The number of rotatable bonds is 34. The van der Waals surface area contributed by atoms with E-state index >= 15 is 0 Å². The fourth-order valence-corrected chi connectivity index (χ4v) is 8.45. The molecule has 0 saturated heterocycles. The minimum atomic E-state index is -1.16. The van der Waals surface area contributed by atoms with Gasteiger partial charge in [0.1, 0.15) is 35.4 Å². The molecule has 0 fully saturated rings. The number of ether oxygens (including phenoxy) is 3. The van der Waals surface area contributed by atoms with Crippen molar-refractivity contribution in [2.75, 3.05) is 75.4 Å². The normalized spacial score (nSPS) is 12.4. The summed E-state index contributed by atoms with van der Waals surface area (Å²) < 4.78 is 16.2. The second kappa shape index (κ2) is 33.3. The molecule has 0 spiro atoms. The molecule has 0 bridgehead atoms. The van der Waals surface area contributed by atoms with Crippen molar-refractivity contribution in [1.29, 1.82) is 0 Å². The molecule has 0 aliphatic rings. The zero-order valence-corrected chi connectivity index (χ0v) is 46.0. The number of nitrogens with one attached hydrogen (secondary N) is 6. The third-order valence-electron chi connectivity index (χ3n) is 13.0. The van der Waals surface area contributed by atoms with E-state index in [0.29, 0.717) is 83.2 Å². The predicted octanol–water partition coefficient (Wildman–Crippen LogP) is 2.83. The van der Waals surface area contributed by atoms with Crippen LogP contribution >= 0.6 is 0 Å². The van der Waals surface area contributed by atoms with Gasteiger partial charge in [0.15, 0.2) is 0 Å². The molecular weight excluding hydrogens is 1030 g/mol. The Morgan fingerprint density at radius 3 is 1.21 bits per heavy atom. The number of nitrogens with zero attached hydrogens (tertiary/aromatic N) is 1. The van der Waals surface area contributed by atoms with Crippen molar-refractivity contribution < 1.29 is 52.6 Å². The summed E-state index contributed by atoms with van der Waals surface area (Å²) in [5, 5.41) is 16.6. The summed E-state index contributed by atoms with van der Waals surface area (Å²) >= 11 is 0. The number of unbranched alkanes of at least 4 members (excludes halogenated alkanes) is 4. The van der Waals surface area contributed by atoms with Gasteiger partial charge in [-0.2, -0.15) is 0 Å². The van der Waals surface area contributed by atoms with E-state index < -0.39 is 65.5 Å². The largest absolute Gasteiger partial charge is 0.496 e. The number of benzene rings is 4. The van der Waals surface area contributed by atoms with Gasteiger partial charge in [-0.05, 0) is 170 Å². The average Bonchev–Trinajstić information content (AvgIpc) is 3.46. The molecule has 0 aliphatic heterocycles. The van der Waals surface area contributed by atoms with Crippen LogP contribution in [0.4, 0.5) is 22.7 Å². The van der Waals surface area contributed by atoms with Crippen LogP contribution < -0.4 is 85.4 Å². The summed E-state index contributed by atoms with van der Waals surface area (Å²) in [5.41, 5.74) is 35.7. The molecule has 0 radical (unpaired) electrons. The summed E-state index contributed by atoms with van der Waals surface area (Å²) in [6.07, 6.45) is 5.49. The molecule has 4 aromatic rings. The predicted molar refractivity (Wildman–Crippen MR) is 307 cm³/mol. The lowest BCUT2D eigenvalue weighted by Gasteiger charge is -2.23. The topological polar surface area (TPSA) is 396 Å². The summed E-state index contributed by atoms with van der Waals surface area (Å²) in [7, 11) is 5.65. The van der Waals surface area contributed by atoms with E-state index in [2.05, 4.69) is 31.9 Å². The van der Waals surface area contributed by atoms with E-state index in [4.69, 9.17) is 48.6 Å². The first-order valence-corrected chi connectivity index (χ1v) is 26.6. The van der Waals surface area contributed by atoms with Gasteiger partial charge < -0.3 is 85.4 Å². The lowest BCUT2D eigenvalue weighted by atomic mass is 10.1. The fraction of sp³-hybridized carbons (Fsp3) is 0.429. The van der Waals surface area contributed by atoms with Crippen molar-refractivity contribution in [2.45, 2.75) is 101 Å². The van der Waals surface area contributed by atoms with Gasteiger partial charge in [0.05, 0.1) is 44.1 Å². The molecule has 80 heavy (non-hydrogen) atoms. The van der Waals surface area contributed by atoms with Gasteiger partial charge in [0.2, 0.25) is 23.6 Å². The van der Waals surface area contributed by atoms with Crippen LogP contribution in [-0.4, -0.2) is 126 Å². The molecule has 434 valence electrons. The van der Waals surface area contributed by atoms with E-state index in [1.165, 1.54) is 86.9 Å². The maximum Gasteiger partial charge on any atom is 0.255 e. The number of carbonyl (C=O) groups excluding carboxylic acids is 8. The molecule has 4 atom stereocenters. The van der Waals surface area contributed by atoms with Gasteiger partial charge in [-0.15, -0.1) is 0 Å². The third kappa shape index (κ3) is 19.3. The first-order valence-electron chi connectivity index (χ1n) is 26.6. The lowest BCUT2D eigenvalue weighted by molar-refractivity contribution is -0.120. The van der Waals surface area contributed by atoms with Crippen LogP contribution in [-0.2, 0) is 19.2 Å². The molecule has 24 heteroatoms. The maximum atomic E-state index is 14.2. The van der Waals surface area contributed by atoms with Gasteiger partial charge in [0.25, 0.3) is 23.6 Å². The number of primary amides is 1. The summed E-state index contributed by atoms with van der Waals surface area (Å²) in [6, 6.07) is 15.4. The number of hydrogen-bond acceptors (Lipinski definition) is 16. The Morgan fingerprint density at radius 2 is 0.838 bits per heavy atom. The second-order valence-corrected chi connectivity index (χ2v) is 18.8. The average molecular weight is 1110 g/mol. The van der Waals surface area contributed by atoms with E-state index in [-0.39, 0.29) is 81.7 Å². The minimum Gasteiger partial charge on any atom is -0.496 e. The highest BCUT2D eigenvalue weighted by Crippen LogP contribution is 2.27. The summed E-state index contributed by atoms with van der Waals surface area (Å²) in [5.74, 6) is -4.50. The van der Waals surface area contributed by atoms with Crippen LogP contribution in [0.2, 0.25) is 0 Å². The highest BCUT2D eigenvalue weighted by molar-refractivity contribution is 6.07. The van der Waals surface area contributed by atoms with Crippen molar-refractivity contribution >= 4 is 70.0 Å².